The largest absolute Gasteiger partial charge is 0.476 e. The zero-order valence-corrected chi connectivity index (χ0v) is 5.29. The molecule has 0 saturated heterocycles. The second-order valence-electron chi connectivity index (χ2n) is 1.75. The smallest absolute Gasteiger partial charge is 0.360 e. The van der Waals surface area contributed by atoms with Crippen LogP contribution >= 0.6 is 0 Å². The van der Waals surface area contributed by atoms with Gasteiger partial charge < -0.3 is 15.3 Å². The third-order valence-electron chi connectivity index (χ3n) is 0.963. The molecular weight excluding hydrogens is 136 g/mol. The zero-order chi connectivity index (χ0) is 7.72. The number of carbonyl (C=O) groups is 1. The van der Waals surface area contributed by atoms with Crippen LogP contribution in [0.1, 0.15) is 16.4 Å². The van der Waals surface area contributed by atoms with Crippen molar-refractivity contribution in [3.05, 3.63) is 11.6 Å². The van der Waals surface area contributed by atoms with Crippen molar-refractivity contribution >= 4 is 11.9 Å². The molecule has 5 nitrogen and oxygen atoms in total. The molecule has 10 heavy (non-hydrogen) atoms. The molecule has 1 rings (SSSR count). The second-order valence-corrected chi connectivity index (χ2v) is 1.75. The van der Waals surface area contributed by atoms with Gasteiger partial charge in [0.15, 0.2) is 5.89 Å². The van der Waals surface area contributed by atoms with E-state index in [1.165, 1.54) is 6.92 Å². The monoisotopic (exact) mass is 142 g/mol. The van der Waals surface area contributed by atoms with Gasteiger partial charge in [-0.15, -0.1) is 0 Å². The van der Waals surface area contributed by atoms with Crippen molar-refractivity contribution in [1.29, 1.82) is 0 Å². The summed E-state index contributed by atoms with van der Waals surface area (Å²) in [7, 11) is 0. The third-order valence-corrected chi connectivity index (χ3v) is 0.963. The van der Waals surface area contributed by atoms with Crippen molar-refractivity contribution in [1.82, 2.24) is 4.98 Å². The number of oxazole rings is 1. The number of nitrogen functional groups attached to an aromatic ring is 1. The van der Waals surface area contributed by atoms with Crippen molar-refractivity contribution in [2.45, 2.75) is 6.92 Å². The highest BCUT2D eigenvalue weighted by molar-refractivity contribution is 5.89. The van der Waals surface area contributed by atoms with E-state index >= 15 is 0 Å². The number of anilines is 1. The van der Waals surface area contributed by atoms with Gasteiger partial charge in [-0.25, -0.2) is 9.78 Å². The maximum Gasteiger partial charge on any atom is 0.360 e. The molecule has 0 spiro atoms. The Balaban J connectivity index is 3.15. The lowest BCUT2D eigenvalue weighted by molar-refractivity contribution is 0.0692. The predicted octanol–water partition coefficient (Wildman–Crippen LogP) is 0.263. The number of aromatic nitrogens is 1. The van der Waals surface area contributed by atoms with Crippen LogP contribution in [0, 0.1) is 6.92 Å². The summed E-state index contributed by atoms with van der Waals surface area (Å²) in [6, 6.07) is 0. The van der Waals surface area contributed by atoms with Gasteiger partial charge in [0, 0.05) is 6.92 Å². The molecule has 5 heteroatoms. The van der Waals surface area contributed by atoms with Gasteiger partial charge in [-0.3, -0.25) is 0 Å². The van der Waals surface area contributed by atoms with E-state index in [0.717, 1.165) is 0 Å². The van der Waals surface area contributed by atoms with Crippen LogP contribution in [0.4, 0.5) is 5.88 Å². The minimum Gasteiger partial charge on any atom is -0.476 e. The quantitative estimate of drug-likeness (QED) is 0.587. The number of hydrogen-bond donors (Lipinski definition) is 2. The average molecular weight is 142 g/mol. The Hall–Kier alpha value is -1.52. The first-order valence-corrected chi connectivity index (χ1v) is 2.57. The summed E-state index contributed by atoms with van der Waals surface area (Å²) < 4.78 is 4.66. The first kappa shape index (κ1) is 6.60. The van der Waals surface area contributed by atoms with Gasteiger partial charge in [-0.1, -0.05) is 0 Å². The number of hydrogen-bond acceptors (Lipinski definition) is 4. The molecule has 0 amide bonds. The standard InChI is InChI=1S/C5H6N2O3/c1-2-7-3(5(8)9)4(6)10-2/h6H2,1H3,(H,8,9). The molecule has 0 aliphatic carbocycles. The summed E-state index contributed by atoms with van der Waals surface area (Å²) in [5.74, 6) is -1.06. The van der Waals surface area contributed by atoms with Crippen LogP contribution in [0.15, 0.2) is 4.42 Å². The number of aryl methyl sites for hydroxylation is 1. The van der Waals surface area contributed by atoms with Gasteiger partial charge >= 0.3 is 5.97 Å². The molecule has 0 saturated carbocycles. The van der Waals surface area contributed by atoms with Crippen LogP contribution in [0.3, 0.4) is 0 Å². The fourth-order valence-corrected chi connectivity index (χ4v) is 0.596. The fourth-order valence-electron chi connectivity index (χ4n) is 0.596. The van der Waals surface area contributed by atoms with Crippen molar-refractivity contribution in [3.63, 3.8) is 0 Å². The van der Waals surface area contributed by atoms with Crippen LogP contribution < -0.4 is 5.73 Å². The lowest BCUT2D eigenvalue weighted by Crippen LogP contribution is -2.00. The third kappa shape index (κ3) is 0.928. The van der Waals surface area contributed by atoms with Gasteiger partial charge in [0.25, 0.3) is 0 Å². The van der Waals surface area contributed by atoms with Crippen LogP contribution in [-0.4, -0.2) is 16.1 Å². The molecule has 0 fully saturated rings. The minimum absolute atomic E-state index is 0.148. The Kier molecular flexibility index (Phi) is 1.33. The highest BCUT2D eigenvalue weighted by atomic mass is 16.4. The number of nitrogens with two attached hydrogens (primary N) is 1. The van der Waals surface area contributed by atoms with E-state index in [0.29, 0.717) is 0 Å². The average Bonchev–Trinajstić information content (AvgIpc) is 2.10. The van der Waals surface area contributed by atoms with Crippen LogP contribution in [0.2, 0.25) is 0 Å². The zero-order valence-electron chi connectivity index (χ0n) is 5.29. The van der Waals surface area contributed by atoms with Crippen molar-refractivity contribution < 1.29 is 14.3 Å². The fraction of sp³-hybridized carbons (Fsp3) is 0.200. The molecular formula is C5H6N2O3. The molecule has 0 aromatic carbocycles. The molecule has 1 heterocycles. The van der Waals surface area contributed by atoms with E-state index in [1.807, 2.05) is 0 Å². The highest BCUT2D eigenvalue weighted by Crippen LogP contribution is 2.11. The number of carboxylic acids is 1. The first-order chi connectivity index (χ1) is 4.61. The van der Waals surface area contributed by atoms with E-state index in [4.69, 9.17) is 10.8 Å². The minimum atomic E-state index is -1.17. The topological polar surface area (TPSA) is 89.3 Å². The lowest BCUT2D eigenvalue weighted by atomic mass is 10.5. The molecule has 3 N–H and O–H groups in total. The van der Waals surface area contributed by atoms with Crippen LogP contribution in [-0.2, 0) is 0 Å². The van der Waals surface area contributed by atoms with E-state index < -0.39 is 5.97 Å². The summed E-state index contributed by atoms with van der Waals surface area (Å²) in [4.78, 5) is 13.8. The molecule has 1 aromatic rings. The van der Waals surface area contributed by atoms with Crippen LogP contribution in [0.25, 0.3) is 0 Å². The first-order valence-electron chi connectivity index (χ1n) is 2.57. The Morgan fingerprint density at radius 2 is 2.40 bits per heavy atom. The number of rotatable bonds is 1. The maximum absolute atomic E-state index is 10.2. The number of nitrogens with zero attached hydrogens (tertiary/aromatic N) is 1. The Morgan fingerprint density at radius 1 is 1.80 bits per heavy atom. The van der Waals surface area contributed by atoms with Gasteiger partial charge in [0.2, 0.25) is 11.6 Å². The summed E-state index contributed by atoms with van der Waals surface area (Å²) in [6.45, 7) is 1.53. The lowest BCUT2D eigenvalue weighted by Gasteiger charge is -1.83. The van der Waals surface area contributed by atoms with E-state index in [9.17, 15) is 4.79 Å². The van der Waals surface area contributed by atoms with E-state index in [1.54, 1.807) is 0 Å². The van der Waals surface area contributed by atoms with Crippen molar-refractivity contribution in [2.75, 3.05) is 5.73 Å². The van der Waals surface area contributed by atoms with E-state index in [-0.39, 0.29) is 17.5 Å². The molecule has 0 radical (unpaired) electrons. The van der Waals surface area contributed by atoms with Crippen molar-refractivity contribution in [2.24, 2.45) is 0 Å². The normalized spacial score (nSPS) is 9.70. The molecule has 54 valence electrons. The molecule has 0 atom stereocenters. The maximum atomic E-state index is 10.2. The summed E-state index contributed by atoms with van der Waals surface area (Å²) in [5, 5.41) is 8.38. The highest BCUT2D eigenvalue weighted by Gasteiger charge is 2.13. The summed E-state index contributed by atoms with van der Waals surface area (Å²) in [5.41, 5.74) is 4.91. The Bertz CT molecular complexity index is 266. The number of carboxylic acid groups (broad SMARTS) is 1. The summed E-state index contributed by atoms with van der Waals surface area (Å²) >= 11 is 0. The molecule has 1 aromatic heterocycles. The van der Waals surface area contributed by atoms with Gasteiger partial charge in [0.05, 0.1) is 0 Å². The van der Waals surface area contributed by atoms with Gasteiger partial charge in [-0.05, 0) is 0 Å². The van der Waals surface area contributed by atoms with Gasteiger partial charge in [-0.2, -0.15) is 0 Å². The SMILES string of the molecule is Cc1nc(C(=O)O)c(N)o1. The molecule has 0 unspecified atom stereocenters. The molecule has 0 bridgehead atoms. The predicted molar refractivity (Wildman–Crippen MR) is 32.6 cm³/mol. The molecule has 0 aliphatic heterocycles. The second kappa shape index (κ2) is 2.02. The number of aromatic carboxylic acids is 1. The van der Waals surface area contributed by atoms with E-state index in [2.05, 4.69) is 9.40 Å². The van der Waals surface area contributed by atoms with Crippen molar-refractivity contribution in [3.8, 4) is 0 Å². The Labute approximate surface area is 56.5 Å². The van der Waals surface area contributed by atoms with Crippen LogP contribution in [0.5, 0.6) is 0 Å². The Morgan fingerprint density at radius 3 is 2.60 bits per heavy atom. The summed E-state index contributed by atoms with van der Waals surface area (Å²) in [6.07, 6.45) is 0. The molecule has 0 aliphatic rings. The van der Waals surface area contributed by atoms with Gasteiger partial charge in [0.1, 0.15) is 0 Å².